The first-order valence-electron chi connectivity index (χ1n) is 5.48. The summed E-state index contributed by atoms with van der Waals surface area (Å²) in [7, 11) is 1.63. The fraction of sp³-hybridized carbons (Fsp3) is 0.231. The van der Waals surface area contributed by atoms with E-state index in [0.29, 0.717) is 6.42 Å². The second kappa shape index (κ2) is 3.73. The lowest BCUT2D eigenvalue weighted by Gasteiger charge is -2.08. The molecular weight excluding hydrogens is 216 g/mol. The van der Waals surface area contributed by atoms with Crippen molar-refractivity contribution in [3.05, 3.63) is 48.0 Å². The molecule has 1 atom stereocenters. The summed E-state index contributed by atoms with van der Waals surface area (Å²) in [6, 6.07) is 5.45. The van der Waals surface area contributed by atoms with E-state index in [-0.39, 0.29) is 11.8 Å². The van der Waals surface area contributed by atoms with Gasteiger partial charge in [-0.15, -0.1) is 0 Å². The maximum Gasteiger partial charge on any atom is 0.186 e. The molecule has 0 radical (unpaired) electrons. The third-order valence-electron chi connectivity index (χ3n) is 3.18. The molecule has 1 aromatic carbocycles. The van der Waals surface area contributed by atoms with Gasteiger partial charge >= 0.3 is 0 Å². The Morgan fingerprint density at radius 3 is 3.06 bits per heavy atom. The van der Waals surface area contributed by atoms with E-state index in [4.69, 9.17) is 4.74 Å². The zero-order valence-electron chi connectivity index (χ0n) is 9.46. The van der Waals surface area contributed by atoms with Gasteiger partial charge in [-0.2, -0.15) is 0 Å². The van der Waals surface area contributed by atoms with Crippen molar-refractivity contribution < 1.29 is 9.53 Å². The Morgan fingerprint density at radius 1 is 1.47 bits per heavy atom. The molecule has 3 rings (SSSR count). The van der Waals surface area contributed by atoms with Gasteiger partial charge in [0.05, 0.1) is 13.4 Å². The Morgan fingerprint density at radius 2 is 2.35 bits per heavy atom. The van der Waals surface area contributed by atoms with Crippen LogP contribution in [0.3, 0.4) is 0 Å². The number of aromatic nitrogens is 2. The summed E-state index contributed by atoms with van der Waals surface area (Å²) in [5.41, 5.74) is 1.84. The number of carbonyl (C=O) groups excluding carboxylic acids is 1. The first kappa shape index (κ1) is 10.1. The Labute approximate surface area is 98.9 Å². The molecule has 0 fully saturated rings. The molecule has 1 aliphatic carbocycles. The second-order valence-corrected chi connectivity index (χ2v) is 4.12. The summed E-state index contributed by atoms with van der Waals surface area (Å²) < 4.78 is 7.03. The molecule has 0 amide bonds. The molecule has 0 bridgehead atoms. The number of ether oxygens (including phenoxy) is 1. The molecule has 4 heteroatoms. The molecule has 0 saturated carbocycles. The van der Waals surface area contributed by atoms with Gasteiger partial charge in [0.15, 0.2) is 5.78 Å². The molecule has 0 saturated heterocycles. The van der Waals surface area contributed by atoms with Gasteiger partial charge in [-0.05, 0) is 23.8 Å². The Balaban J connectivity index is 2.00. The van der Waals surface area contributed by atoms with Crippen molar-refractivity contribution in [2.24, 2.45) is 0 Å². The van der Waals surface area contributed by atoms with Crippen LogP contribution in [0.15, 0.2) is 36.9 Å². The molecule has 1 unspecified atom stereocenters. The van der Waals surface area contributed by atoms with E-state index in [1.165, 1.54) is 0 Å². The van der Waals surface area contributed by atoms with Crippen LogP contribution < -0.4 is 4.74 Å². The number of methoxy groups -OCH3 is 1. The van der Waals surface area contributed by atoms with Gasteiger partial charge in [0, 0.05) is 24.4 Å². The molecule has 17 heavy (non-hydrogen) atoms. The SMILES string of the molecule is COc1ccc2c(c1)CC(n1ccnc1)C2=O. The molecule has 2 aromatic rings. The van der Waals surface area contributed by atoms with E-state index < -0.39 is 0 Å². The number of Topliss-reactive ketones (excluding diaryl/α,β-unsaturated/α-hetero) is 1. The average molecular weight is 228 g/mol. The maximum atomic E-state index is 12.2. The van der Waals surface area contributed by atoms with Crippen LogP contribution in [0.2, 0.25) is 0 Å². The molecular formula is C13H12N2O2. The van der Waals surface area contributed by atoms with Crippen LogP contribution in [-0.4, -0.2) is 22.4 Å². The minimum absolute atomic E-state index is 0.153. The van der Waals surface area contributed by atoms with Crippen molar-refractivity contribution in [3.63, 3.8) is 0 Å². The van der Waals surface area contributed by atoms with Gasteiger partial charge in [-0.3, -0.25) is 4.79 Å². The lowest BCUT2D eigenvalue weighted by molar-refractivity contribution is 0.0942. The average Bonchev–Trinajstić information content (AvgIpc) is 2.97. The lowest BCUT2D eigenvalue weighted by Crippen LogP contribution is -2.13. The van der Waals surface area contributed by atoms with Gasteiger partial charge < -0.3 is 9.30 Å². The maximum absolute atomic E-state index is 12.2. The number of nitrogens with zero attached hydrogens (tertiary/aromatic N) is 2. The lowest BCUT2D eigenvalue weighted by atomic mass is 10.1. The third-order valence-corrected chi connectivity index (χ3v) is 3.18. The van der Waals surface area contributed by atoms with Crippen molar-refractivity contribution >= 4 is 5.78 Å². The van der Waals surface area contributed by atoms with Gasteiger partial charge in [0.25, 0.3) is 0 Å². The topological polar surface area (TPSA) is 44.1 Å². The zero-order chi connectivity index (χ0) is 11.8. The fourth-order valence-electron chi connectivity index (χ4n) is 2.28. The molecule has 0 spiro atoms. The quantitative estimate of drug-likeness (QED) is 0.788. The van der Waals surface area contributed by atoms with Crippen LogP contribution in [0.4, 0.5) is 0 Å². The number of ketones is 1. The smallest absolute Gasteiger partial charge is 0.186 e. The van der Waals surface area contributed by atoms with Gasteiger partial charge in [-0.25, -0.2) is 4.98 Å². The summed E-state index contributed by atoms with van der Waals surface area (Å²) in [6.45, 7) is 0. The largest absolute Gasteiger partial charge is 0.497 e. The Hall–Kier alpha value is -2.10. The highest BCUT2D eigenvalue weighted by molar-refractivity contribution is 6.03. The van der Waals surface area contributed by atoms with Crippen molar-refractivity contribution in [1.82, 2.24) is 9.55 Å². The van der Waals surface area contributed by atoms with E-state index in [9.17, 15) is 4.79 Å². The van der Waals surface area contributed by atoms with Gasteiger partial charge in [-0.1, -0.05) is 0 Å². The number of imidazole rings is 1. The van der Waals surface area contributed by atoms with E-state index in [1.807, 2.05) is 29.0 Å². The van der Waals surface area contributed by atoms with E-state index in [2.05, 4.69) is 4.98 Å². The highest BCUT2D eigenvalue weighted by atomic mass is 16.5. The van der Waals surface area contributed by atoms with Crippen LogP contribution in [0.5, 0.6) is 5.75 Å². The minimum Gasteiger partial charge on any atom is -0.497 e. The highest BCUT2D eigenvalue weighted by Gasteiger charge is 2.31. The molecule has 86 valence electrons. The predicted molar refractivity (Wildman–Crippen MR) is 62.3 cm³/mol. The first-order valence-corrected chi connectivity index (χ1v) is 5.48. The summed E-state index contributed by atoms with van der Waals surface area (Å²) in [6.07, 6.45) is 5.91. The first-order chi connectivity index (χ1) is 8.29. The predicted octanol–water partition coefficient (Wildman–Crippen LogP) is 1.87. The number of carbonyl (C=O) groups is 1. The van der Waals surface area contributed by atoms with E-state index in [1.54, 1.807) is 19.6 Å². The summed E-state index contributed by atoms with van der Waals surface area (Å²) in [4.78, 5) is 16.2. The van der Waals surface area contributed by atoms with Crippen molar-refractivity contribution in [2.45, 2.75) is 12.5 Å². The normalized spacial score (nSPS) is 18.2. The van der Waals surface area contributed by atoms with Crippen LogP contribution in [-0.2, 0) is 6.42 Å². The molecule has 4 nitrogen and oxygen atoms in total. The summed E-state index contributed by atoms with van der Waals surface area (Å²) >= 11 is 0. The number of rotatable bonds is 2. The van der Waals surface area contributed by atoms with Crippen LogP contribution in [0.25, 0.3) is 0 Å². The van der Waals surface area contributed by atoms with Crippen molar-refractivity contribution in [1.29, 1.82) is 0 Å². The van der Waals surface area contributed by atoms with Crippen molar-refractivity contribution in [3.8, 4) is 5.75 Å². The van der Waals surface area contributed by atoms with Crippen LogP contribution >= 0.6 is 0 Å². The summed E-state index contributed by atoms with van der Waals surface area (Å²) in [5.74, 6) is 0.948. The minimum atomic E-state index is -0.153. The number of hydrogen-bond donors (Lipinski definition) is 0. The standard InChI is InChI=1S/C13H12N2O2/c1-17-10-2-3-11-9(6-10)7-12(13(11)16)15-5-4-14-8-15/h2-6,8,12H,7H2,1H3. The van der Waals surface area contributed by atoms with Gasteiger partial charge in [0.2, 0.25) is 0 Å². The second-order valence-electron chi connectivity index (χ2n) is 4.12. The highest BCUT2D eigenvalue weighted by Crippen LogP contribution is 2.32. The molecule has 1 aliphatic rings. The van der Waals surface area contributed by atoms with Crippen LogP contribution in [0, 0.1) is 0 Å². The van der Waals surface area contributed by atoms with Gasteiger partial charge in [0.1, 0.15) is 11.8 Å². The van der Waals surface area contributed by atoms with E-state index in [0.717, 1.165) is 16.9 Å². The number of benzene rings is 1. The Kier molecular flexibility index (Phi) is 2.21. The number of hydrogen-bond acceptors (Lipinski definition) is 3. The molecule has 1 heterocycles. The van der Waals surface area contributed by atoms with Crippen molar-refractivity contribution in [2.75, 3.05) is 7.11 Å². The molecule has 0 N–H and O–H groups in total. The Bertz CT molecular complexity index is 561. The van der Waals surface area contributed by atoms with Crippen LogP contribution in [0.1, 0.15) is 22.0 Å². The molecule has 0 aliphatic heterocycles. The van der Waals surface area contributed by atoms with E-state index >= 15 is 0 Å². The summed E-state index contributed by atoms with van der Waals surface area (Å²) in [5, 5.41) is 0. The number of fused-ring (bicyclic) bond motifs is 1. The fourth-order valence-corrected chi connectivity index (χ4v) is 2.28. The molecule has 1 aromatic heterocycles. The zero-order valence-corrected chi connectivity index (χ0v) is 9.46. The monoisotopic (exact) mass is 228 g/mol. The third kappa shape index (κ3) is 1.53.